The summed E-state index contributed by atoms with van der Waals surface area (Å²) in [6.07, 6.45) is 0.263. The van der Waals surface area contributed by atoms with Crippen molar-refractivity contribution in [3.8, 4) is 5.75 Å². The van der Waals surface area contributed by atoms with Gasteiger partial charge in [-0.2, -0.15) is 0 Å². The number of piperazine rings is 1. The van der Waals surface area contributed by atoms with Crippen LogP contribution in [0.5, 0.6) is 5.75 Å². The summed E-state index contributed by atoms with van der Waals surface area (Å²) in [7, 11) is 1.66. The molecule has 0 spiro atoms. The van der Waals surface area contributed by atoms with Gasteiger partial charge in [-0.25, -0.2) is 0 Å². The Labute approximate surface area is 197 Å². The Morgan fingerprint density at radius 1 is 0.912 bits per heavy atom. The molecule has 34 heavy (non-hydrogen) atoms. The number of piperidine rings is 1. The fraction of sp³-hybridized carbons (Fsp3) is 0.360. The van der Waals surface area contributed by atoms with E-state index in [1.165, 1.54) is 0 Å². The van der Waals surface area contributed by atoms with Crippen LogP contribution in [-0.2, 0) is 16.1 Å². The van der Waals surface area contributed by atoms with Crippen molar-refractivity contribution in [3.63, 3.8) is 0 Å². The number of anilines is 1. The molecule has 1 unspecified atom stereocenters. The van der Waals surface area contributed by atoms with Crippen molar-refractivity contribution in [3.05, 3.63) is 59.2 Å². The van der Waals surface area contributed by atoms with Gasteiger partial charge in [-0.3, -0.25) is 34.3 Å². The minimum absolute atomic E-state index is 0.109. The third-order valence-electron chi connectivity index (χ3n) is 6.72. The average Bonchev–Trinajstić information content (AvgIpc) is 3.09. The fourth-order valence-corrected chi connectivity index (χ4v) is 4.83. The number of nitrogens with zero attached hydrogens (tertiary/aromatic N) is 3. The number of imide groups is 2. The van der Waals surface area contributed by atoms with Crippen LogP contribution in [0, 0.1) is 0 Å². The summed E-state index contributed by atoms with van der Waals surface area (Å²) >= 11 is 0. The van der Waals surface area contributed by atoms with Crippen LogP contribution >= 0.6 is 0 Å². The summed E-state index contributed by atoms with van der Waals surface area (Å²) < 4.78 is 5.23. The first-order chi connectivity index (χ1) is 16.4. The molecule has 176 valence electrons. The summed E-state index contributed by atoms with van der Waals surface area (Å²) in [6.45, 7) is 4.19. The number of amides is 4. The van der Waals surface area contributed by atoms with Gasteiger partial charge in [0, 0.05) is 44.8 Å². The molecular weight excluding hydrogens is 436 g/mol. The van der Waals surface area contributed by atoms with Crippen LogP contribution in [0.4, 0.5) is 5.69 Å². The number of hydrogen-bond donors (Lipinski definition) is 1. The molecule has 0 radical (unpaired) electrons. The molecule has 1 atom stereocenters. The first-order valence-corrected chi connectivity index (χ1v) is 11.4. The minimum atomic E-state index is -0.945. The molecule has 1 N–H and O–H groups in total. The van der Waals surface area contributed by atoms with Crippen molar-refractivity contribution in [2.45, 2.75) is 25.4 Å². The highest BCUT2D eigenvalue weighted by molar-refractivity contribution is 6.23. The molecule has 2 aromatic rings. The maximum Gasteiger partial charge on any atom is 0.262 e. The summed E-state index contributed by atoms with van der Waals surface area (Å²) in [6, 6.07) is 12.4. The van der Waals surface area contributed by atoms with Crippen molar-refractivity contribution in [2.75, 3.05) is 38.2 Å². The number of fused-ring (bicyclic) bond motifs is 1. The van der Waals surface area contributed by atoms with Crippen LogP contribution < -0.4 is 15.0 Å². The van der Waals surface area contributed by atoms with E-state index in [1.54, 1.807) is 19.2 Å². The minimum Gasteiger partial charge on any atom is -0.497 e. The van der Waals surface area contributed by atoms with Crippen molar-refractivity contribution in [1.82, 2.24) is 15.1 Å². The highest BCUT2D eigenvalue weighted by atomic mass is 16.5. The van der Waals surface area contributed by atoms with Gasteiger partial charge in [0.05, 0.1) is 18.2 Å². The van der Waals surface area contributed by atoms with E-state index in [-0.39, 0.29) is 18.7 Å². The molecule has 3 aliphatic rings. The van der Waals surface area contributed by atoms with Crippen molar-refractivity contribution in [1.29, 1.82) is 0 Å². The molecule has 0 aromatic heterocycles. The molecule has 0 saturated carbocycles. The quantitative estimate of drug-likeness (QED) is 0.671. The molecule has 0 bridgehead atoms. The molecule has 4 amide bonds. The lowest BCUT2D eigenvalue weighted by atomic mass is 10.0. The molecular formula is C25H26N4O5. The van der Waals surface area contributed by atoms with E-state index in [9.17, 15) is 19.2 Å². The third kappa shape index (κ3) is 4.03. The second-order valence-electron chi connectivity index (χ2n) is 8.79. The summed E-state index contributed by atoms with van der Waals surface area (Å²) in [4.78, 5) is 55.2. The molecule has 3 aliphatic heterocycles. The van der Waals surface area contributed by atoms with Crippen LogP contribution in [0.3, 0.4) is 0 Å². The molecule has 2 saturated heterocycles. The number of benzene rings is 2. The zero-order chi connectivity index (χ0) is 23.8. The van der Waals surface area contributed by atoms with Crippen LogP contribution in [0.2, 0.25) is 0 Å². The Morgan fingerprint density at radius 2 is 1.62 bits per heavy atom. The second-order valence-corrected chi connectivity index (χ2v) is 8.79. The highest BCUT2D eigenvalue weighted by Crippen LogP contribution is 2.29. The van der Waals surface area contributed by atoms with Gasteiger partial charge in [-0.05, 0) is 48.4 Å². The molecule has 5 rings (SSSR count). The van der Waals surface area contributed by atoms with Gasteiger partial charge in [0.15, 0.2) is 0 Å². The van der Waals surface area contributed by atoms with E-state index < -0.39 is 23.8 Å². The van der Waals surface area contributed by atoms with Crippen molar-refractivity contribution in [2.24, 2.45) is 0 Å². The fourth-order valence-electron chi connectivity index (χ4n) is 4.83. The van der Waals surface area contributed by atoms with E-state index in [4.69, 9.17) is 4.74 Å². The number of carbonyl (C=O) groups excluding carboxylic acids is 4. The lowest BCUT2D eigenvalue weighted by Gasteiger charge is -2.36. The van der Waals surface area contributed by atoms with Crippen LogP contribution in [0.1, 0.15) is 39.1 Å². The normalized spacial score (nSPS) is 21.0. The highest BCUT2D eigenvalue weighted by Gasteiger charge is 2.44. The number of methoxy groups -OCH3 is 1. The maximum atomic E-state index is 13.0. The Hall–Kier alpha value is -3.72. The number of rotatable bonds is 5. The van der Waals surface area contributed by atoms with E-state index in [0.29, 0.717) is 17.7 Å². The summed E-state index contributed by atoms with van der Waals surface area (Å²) in [5, 5.41) is 2.22. The van der Waals surface area contributed by atoms with Crippen molar-refractivity contribution >= 4 is 29.3 Å². The third-order valence-corrected chi connectivity index (χ3v) is 6.72. The number of ether oxygens (including phenoxy) is 1. The van der Waals surface area contributed by atoms with E-state index in [1.807, 2.05) is 18.2 Å². The molecule has 2 fully saturated rings. The number of hydrogen-bond acceptors (Lipinski definition) is 7. The van der Waals surface area contributed by atoms with Gasteiger partial charge in [0.25, 0.3) is 11.8 Å². The Balaban J connectivity index is 1.23. The van der Waals surface area contributed by atoms with Crippen LogP contribution in [-0.4, -0.2) is 72.8 Å². The maximum absolute atomic E-state index is 13.0. The molecule has 9 heteroatoms. The molecule has 3 heterocycles. The van der Waals surface area contributed by atoms with E-state index in [2.05, 4.69) is 27.2 Å². The van der Waals surface area contributed by atoms with E-state index >= 15 is 0 Å². The SMILES string of the molecule is COc1ccc(N2CCN(Cc3ccc4c(c3)C(=O)N(C3CCC(=O)NC3=O)C4=O)CC2)cc1. The standard InChI is InChI=1S/C25H26N4O5/c1-34-18-5-3-17(4-6-18)28-12-10-27(11-13-28)15-16-2-7-19-20(14-16)25(33)29(24(19)32)21-8-9-22(30)26-23(21)31/h2-7,14,21H,8-13,15H2,1H3,(H,26,30,31). The molecule has 2 aromatic carbocycles. The number of carbonyl (C=O) groups is 4. The van der Waals surface area contributed by atoms with Crippen LogP contribution in [0.25, 0.3) is 0 Å². The Morgan fingerprint density at radius 3 is 2.29 bits per heavy atom. The lowest BCUT2D eigenvalue weighted by Crippen LogP contribution is -2.54. The first kappa shape index (κ1) is 22.1. The van der Waals surface area contributed by atoms with Gasteiger partial charge < -0.3 is 9.64 Å². The van der Waals surface area contributed by atoms with Gasteiger partial charge in [0.2, 0.25) is 11.8 Å². The van der Waals surface area contributed by atoms with Gasteiger partial charge in [-0.15, -0.1) is 0 Å². The molecule has 9 nitrogen and oxygen atoms in total. The summed E-state index contributed by atoms with van der Waals surface area (Å²) in [5.41, 5.74) is 2.74. The smallest absolute Gasteiger partial charge is 0.262 e. The van der Waals surface area contributed by atoms with E-state index in [0.717, 1.165) is 48.1 Å². The second kappa shape index (κ2) is 8.90. The predicted octanol–water partition coefficient (Wildman–Crippen LogP) is 1.42. The average molecular weight is 463 g/mol. The van der Waals surface area contributed by atoms with Gasteiger partial charge >= 0.3 is 0 Å². The largest absolute Gasteiger partial charge is 0.497 e. The number of nitrogens with one attached hydrogen (secondary N) is 1. The lowest BCUT2D eigenvalue weighted by molar-refractivity contribution is -0.136. The van der Waals surface area contributed by atoms with Crippen molar-refractivity contribution < 1.29 is 23.9 Å². The first-order valence-electron chi connectivity index (χ1n) is 11.4. The Kier molecular flexibility index (Phi) is 5.79. The molecule has 0 aliphatic carbocycles. The topological polar surface area (TPSA) is 99.3 Å². The van der Waals surface area contributed by atoms with Gasteiger partial charge in [-0.1, -0.05) is 6.07 Å². The Bertz CT molecular complexity index is 1150. The zero-order valence-corrected chi connectivity index (χ0v) is 19.0. The predicted molar refractivity (Wildman–Crippen MR) is 124 cm³/mol. The van der Waals surface area contributed by atoms with Gasteiger partial charge in [0.1, 0.15) is 11.8 Å². The zero-order valence-electron chi connectivity index (χ0n) is 19.0. The summed E-state index contributed by atoms with van der Waals surface area (Å²) in [5.74, 6) is -1.09. The monoisotopic (exact) mass is 462 g/mol. The van der Waals surface area contributed by atoms with Crippen LogP contribution in [0.15, 0.2) is 42.5 Å².